The van der Waals surface area contributed by atoms with Gasteiger partial charge in [0, 0.05) is 23.0 Å². The molecule has 1 aliphatic carbocycles. The van der Waals surface area contributed by atoms with Crippen LogP contribution in [0.2, 0.25) is 0 Å². The molecule has 0 amide bonds. The highest BCUT2D eigenvalue weighted by molar-refractivity contribution is 7.17. The summed E-state index contributed by atoms with van der Waals surface area (Å²) < 4.78 is 1.35. The van der Waals surface area contributed by atoms with Gasteiger partial charge in [-0.25, -0.2) is 0 Å². The number of aromatic nitrogens is 1. The van der Waals surface area contributed by atoms with Crippen LogP contribution >= 0.6 is 11.3 Å². The second kappa shape index (κ2) is 5.30. The highest BCUT2D eigenvalue weighted by Gasteiger charge is 2.13. The number of hydrogen-bond donors (Lipinski definition) is 0. The molecule has 1 atom stereocenters. The number of nitrogens with zero attached hydrogens (tertiary/aromatic N) is 1. The monoisotopic (exact) mass is 289 g/mol. The number of pyridine rings is 1. The molecule has 0 saturated heterocycles. The van der Waals surface area contributed by atoms with E-state index in [1.165, 1.54) is 26.8 Å². The topological polar surface area (TPSA) is 12.9 Å². The van der Waals surface area contributed by atoms with E-state index in [-0.39, 0.29) is 0 Å². The predicted octanol–water partition coefficient (Wildman–Crippen LogP) is 5.42. The lowest BCUT2D eigenvalue weighted by Gasteiger charge is -2.17. The molecule has 0 N–H and O–H groups in total. The summed E-state index contributed by atoms with van der Waals surface area (Å²) in [7, 11) is 0. The minimum atomic E-state index is 0.450. The average molecular weight is 289 g/mol. The Morgan fingerprint density at radius 3 is 2.86 bits per heavy atom. The van der Waals surface area contributed by atoms with E-state index < -0.39 is 0 Å². The first-order chi connectivity index (χ1) is 10.4. The summed E-state index contributed by atoms with van der Waals surface area (Å²) in [6, 6.07) is 13.2. The third kappa shape index (κ3) is 2.43. The Kier molecular flexibility index (Phi) is 3.17. The standard InChI is InChI=1S/C19H15NS/c1-2-15(14-6-9-20-10-7-14)12-16(3-1)17-4-5-19-18(13-17)8-11-21-19/h1,3-13,15H,2H2. The number of benzene rings is 1. The fraction of sp³-hybridized carbons (Fsp3) is 0.105. The Balaban J connectivity index is 1.73. The molecule has 4 rings (SSSR count). The van der Waals surface area contributed by atoms with Gasteiger partial charge in [0.05, 0.1) is 0 Å². The van der Waals surface area contributed by atoms with Crippen LogP contribution in [0.4, 0.5) is 0 Å². The fourth-order valence-corrected chi connectivity index (χ4v) is 3.63. The van der Waals surface area contributed by atoms with E-state index in [2.05, 4.69) is 65.0 Å². The Hall–Kier alpha value is -2.19. The van der Waals surface area contributed by atoms with Crippen LogP contribution in [0.3, 0.4) is 0 Å². The molecule has 102 valence electrons. The number of rotatable bonds is 2. The van der Waals surface area contributed by atoms with Crippen LogP contribution in [0.25, 0.3) is 15.7 Å². The van der Waals surface area contributed by atoms with Crippen LogP contribution in [0.5, 0.6) is 0 Å². The van der Waals surface area contributed by atoms with E-state index in [4.69, 9.17) is 0 Å². The molecule has 1 nitrogen and oxygen atoms in total. The molecule has 0 radical (unpaired) electrons. The van der Waals surface area contributed by atoms with Crippen molar-refractivity contribution in [1.29, 1.82) is 0 Å². The average Bonchev–Trinajstić information content (AvgIpc) is 3.03. The summed E-state index contributed by atoms with van der Waals surface area (Å²) in [5.41, 5.74) is 3.95. The normalized spacial score (nSPS) is 17.9. The van der Waals surface area contributed by atoms with Gasteiger partial charge in [-0.05, 0) is 64.2 Å². The lowest BCUT2D eigenvalue weighted by molar-refractivity contribution is 0.854. The lowest BCUT2D eigenvalue weighted by atomic mass is 9.88. The Morgan fingerprint density at radius 1 is 1.05 bits per heavy atom. The van der Waals surface area contributed by atoms with Crippen LogP contribution in [-0.4, -0.2) is 4.98 Å². The molecule has 2 heteroatoms. The minimum absolute atomic E-state index is 0.450. The van der Waals surface area contributed by atoms with Crippen molar-refractivity contribution < 1.29 is 0 Å². The van der Waals surface area contributed by atoms with Crippen LogP contribution in [-0.2, 0) is 0 Å². The summed E-state index contributed by atoms with van der Waals surface area (Å²) in [5.74, 6) is 0.450. The summed E-state index contributed by atoms with van der Waals surface area (Å²) in [5, 5.41) is 3.48. The van der Waals surface area contributed by atoms with Crippen LogP contribution < -0.4 is 0 Å². The van der Waals surface area contributed by atoms with Gasteiger partial charge in [-0.3, -0.25) is 4.98 Å². The Morgan fingerprint density at radius 2 is 1.95 bits per heavy atom. The first-order valence-electron chi connectivity index (χ1n) is 7.16. The van der Waals surface area contributed by atoms with Gasteiger partial charge in [0.15, 0.2) is 0 Å². The third-order valence-electron chi connectivity index (χ3n) is 3.99. The number of allylic oxidation sites excluding steroid dienone is 4. The molecule has 0 spiro atoms. The smallest absolute Gasteiger partial charge is 0.0343 e. The molecule has 2 heterocycles. The van der Waals surface area contributed by atoms with Gasteiger partial charge in [0.2, 0.25) is 0 Å². The van der Waals surface area contributed by atoms with E-state index >= 15 is 0 Å². The van der Waals surface area contributed by atoms with Crippen molar-refractivity contribution in [3.05, 3.63) is 83.5 Å². The summed E-state index contributed by atoms with van der Waals surface area (Å²) in [6.45, 7) is 0. The van der Waals surface area contributed by atoms with Gasteiger partial charge in [-0.2, -0.15) is 0 Å². The van der Waals surface area contributed by atoms with Crippen molar-refractivity contribution in [3.8, 4) is 0 Å². The Bertz CT molecular complexity index is 827. The zero-order valence-electron chi connectivity index (χ0n) is 11.6. The molecular weight excluding hydrogens is 274 g/mol. The number of thiophene rings is 1. The van der Waals surface area contributed by atoms with Crippen molar-refractivity contribution in [2.75, 3.05) is 0 Å². The molecule has 1 aromatic carbocycles. The second-order valence-electron chi connectivity index (χ2n) is 5.32. The molecule has 1 unspecified atom stereocenters. The van der Waals surface area contributed by atoms with E-state index in [0.717, 1.165) is 6.42 Å². The van der Waals surface area contributed by atoms with Crippen LogP contribution in [0.1, 0.15) is 23.5 Å². The van der Waals surface area contributed by atoms with Gasteiger partial charge in [-0.15, -0.1) is 11.3 Å². The summed E-state index contributed by atoms with van der Waals surface area (Å²) in [6.07, 6.45) is 11.7. The first-order valence-corrected chi connectivity index (χ1v) is 8.04. The van der Waals surface area contributed by atoms with Crippen molar-refractivity contribution >= 4 is 27.0 Å². The number of fused-ring (bicyclic) bond motifs is 1. The SMILES string of the molecule is C1=CC(c2ccc3sccc3c2)=CC(c2ccncc2)C1. The molecule has 21 heavy (non-hydrogen) atoms. The maximum Gasteiger partial charge on any atom is 0.0343 e. The summed E-state index contributed by atoms with van der Waals surface area (Å²) in [4.78, 5) is 4.11. The van der Waals surface area contributed by atoms with Crippen molar-refractivity contribution in [3.63, 3.8) is 0 Å². The van der Waals surface area contributed by atoms with Crippen molar-refractivity contribution in [1.82, 2.24) is 4.98 Å². The fourth-order valence-electron chi connectivity index (χ4n) is 2.86. The van der Waals surface area contributed by atoms with Gasteiger partial charge < -0.3 is 0 Å². The van der Waals surface area contributed by atoms with E-state index in [9.17, 15) is 0 Å². The Labute approximate surface area is 128 Å². The largest absolute Gasteiger partial charge is 0.265 e. The molecule has 0 fully saturated rings. The zero-order chi connectivity index (χ0) is 14.1. The maximum atomic E-state index is 4.11. The predicted molar refractivity (Wildman–Crippen MR) is 90.5 cm³/mol. The first kappa shape index (κ1) is 12.5. The number of hydrogen-bond acceptors (Lipinski definition) is 2. The third-order valence-corrected chi connectivity index (χ3v) is 4.89. The minimum Gasteiger partial charge on any atom is -0.265 e. The maximum absolute atomic E-state index is 4.11. The molecule has 0 bridgehead atoms. The van der Waals surface area contributed by atoms with E-state index in [1.54, 1.807) is 11.3 Å². The van der Waals surface area contributed by atoms with E-state index in [0.29, 0.717) is 5.92 Å². The molecule has 0 aliphatic heterocycles. The van der Waals surface area contributed by atoms with Crippen LogP contribution in [0, 0.1) is 0 Å². The molecule has 0 saturated carbocycles. The van der Waals surface area contributed by atoms with Crippen molar-refractivity contribution in [2.24, 2.45) is 0 Å². The molecular formula is C19H15NS. The van der Waals surface area contributed by atoms with Crippen LogP contribution in [0.15, 0.2) is 72.4 Å². The highest BCUT2D eigenvalue weighted by Crippen LogP contribution is 2.32. The zero-order valence-corrected chi connectivity index (χ0v) is 12.4. The molecule has 1 aliphatic rings. The lowest BCUT2D eigenvalue weighted by Crippen LogP contribution is -1.99. The van der Waals surface area contributed by atoms with Gasteiger partial charge in [0.25, 0.3) is 0 Å². The van der Waals surface area contributed by atoms with Crippen molar-refractivity contribution in [2.45, 2.75) is 12.3 Å². The molecule has 3 aromatic rings. The molecule has 2 aromatic heterocycles. The second-order valence-corrected chi connectivity index (χ2v) is 6.27. The quantitative estimate of drug-likeness (QED) is 0.613. The van der Waals surface area contributed by atoms with Gasteiger partial charge in [-0.1, -0.05) is 24.3 Å². The summed E-state index contributed by atoms with van der Waals surface area (Å²) >= 11 is 1.80. The van der Waals surface area contributed by atoms with E-state index in [1.807, 2.05) is 12.4 Å². The van der Waals surface area contributed by atoms with Gasteiger partial charge >= 0.3 is 0 Å². The highest BCUT2D eigenvalue weighted by atomic mass is 32.1. The van der Waals surface area contributed by atoms with Gasteiger partial charge in [0.1, 0.15) is 0 Å².